The Hall–Kier alpha value is -3.54. The van der Waals surface area contributed by atoms with Gasteiger partial charge in [0.15, 0.2) is 11.5 Å². The van der Waals surface area contributed by atoms with Crippen LogP contribution in [0.25, 0.3) is 0 Å². The van der Waals surface area contributed by atoms with E-state index in [0.717, 1.165) is 11.1 Å². The van der Waals surface area contributed by atoms with Crippen LogP contribution in [0.5, 0.6) is 17.2 Å². The summed E-state index contributed by atoms with van der Waals surface area (Å²) in [6.07, 6.45) is 3.41. The number of rotatable bonds is 7. The molecule has 0 aliphatic heterocycles. The Morgan fingerprint density at radius 1 is 0.857 bits per heavy atom. The predicted octanol–water partition coefficient (Wildman–Crippen LogP) is 3.63. The molecule has 6 heteroatoms. The monoisotopic (exact) mass is 378 g/mol. The van der Waals surface area contributed by atoms with E-state index in [1.165, 1.54) is 21.3 Å². The van der Waals surface area contributed by atoms with Crippen LogP contribution in [-0.2, 0) is 0 Å². The zero-order chi connectivity index (χ0) is 19.9. The molecule has 28 heavy (non-hydrogen) atoms. The van der Waals surface area contributed by atoms with E-state index in [2.05, 4.69) is 10.3 Å². The Kier molecular flexibility index (Phi) is 6.11. The van der Waals surface area contributed by atoms with Gasteiger partial charge in [0.1, 0.15) is 0 Å². The molecule has 1 N–H and O–H groups in total. The molecule has 1 atom stereocenters. The number of ether oxygens (including phenoxy) is 3. The van der Waals surface area contributed by atoms with Crippen molar-refractivity contribution < 1.29 is 19.0 Å². The maximum atomic E-state index is 13.1. The Morgan fingerprint density at radius 3 is 1.96 bits per heavy atom. The number of hydrogen-bond acceptors (Lipinski definition) is 5. The first-order valence-electron chi connectivity index (χ1n) is 8.73. The molecule has 0 bridgehead atoms. The topological polar surface area (TPSA) is 69.7 Å². The standard InChI is InChI=1S/C22H22N2O4/c1-26-18-13-17(14-19(27-2)21(18)28-3)22(25)24-20(15-7-5-4-6-8-15)16-9-11-23-12-10-16/h4-14,20H,1-3H3,(H,24,25). The van der Waals surface area contributed by atoms with Crippen molar-refractivity contribution in [2.75, 3.05) is 21.3 Å². The van der Waals surface area contributed by atoms with Gasteiger partial charge in [0.05, 0.1) is 27.4 Å². The minimum Gasteiger partial charge on any atom is -0.493 e. The van der Waals surface area contributed by atoms with E-state index in [1.807, 2.05) is 42.5 Å². The van der Waals surface area contributed by atoms with Crippen LogP contribution in [0.4, 0.5) is 0 Å². The first-order valence-corrected chi connectivity index (χ1v) is 8.73. The summed E-state index contributed by atoms with van der Waals surface area (Å²) >= 11 is 0. The maximum Gasteiger partial charge on any atom is 0.252 e. The van der Waals surface area contributed by atoms with Gasteiger partial charge in [0, 0.05) is 18.0 Å². The lowest BCUT2D eigenvalue weighted by atomic mass is 9.99. The van der Waals surface area contributed by atoms with Gasteiger partial charge in [-0.3, -0.25) is 9.78 Å². The van der Waals surface area contributed by atoms with Crippen LogP contribution in [0.2, 0.25) is 0 Å². The summed E-state index contributed by atoms with van der Waals surface area (Å²) in [5.74, 6) is 1.03. The molecule has 1 amide bonds. The second kappa shape index (κ2) is 8.90. The third-order valence-corrected chi connectivity index (χ3v) is 4.37. The average Bonchev–Trinajstić information content (AvgIpc) is 2.77. The fourth-order valence-electron chi connectivity index (χ4n) is 2.99. The number of pyridine rings is 1. The van der Waals surface area contributed by atoms with Gasteiger partial charge in [0.25, 0.3) is 5.91 Å². The highest BCUT2D eigenvalue weighted by molar-refractivity contribution is 5.96. The lowest BCUT2D eigenvalue weighted by Gasteiger charge is -2.20. The van der Waals surface area contributed by atoms with Crippen molar-refractivity contribution in [3.8, 4) is 17.2 Å². The lowest BCUT2D eigenvalue weighted by Crippen LogP contribution is -2.29. The van der Waals surface area contributed by atoms with E-state index in [1.54, 1.807) is 24.5 Å². The number of methoxy groups -OCH3 is 3. The van der Waals surface area contributed by atoms with Gasteiger partial charge < -0.3 is 19.5 Å². The van der Waals surface area contributed by atoms with Crippen LogP contribution >= 0.6 is 0 Å². The highest BCUT2D eigenvalue weighted by Crippen LogP contribution is 2.38. The second-order valence-electron chi connectivity index (χ2n) is 6.01. The fourth-order valence-corrected chi connectivity index (χ4v) is 2.99. The summed E-state index contributed by atoms with van der Waals surface area (Å²) in [6, 6.07) is 16.5. The van der Waals surface area contributed by atoms with E-state index in [9.17, 15) is 4.79 Å². The molecule has 1 heterocycles. The van der Waals surface area contributed by atoms with Gasteiger partial charge in [-0.1, -0.05) is 30.3 Å². The molecule has 144 valence electrons. The summed E-state index contributed by atoms with van der Waals surface area (Å²) in [5.41, 5.74) is 2.31. The van der Waals surface area contributed by atoms with Crippen LogP contribution in [0.3, 0.4) is 0 Å². The molecule has 0 aliphatic carbocycles. The van der Waals surface area contributed by atoms with Gasteiger partial charge >= 0.3 is 0 Å². The molecular formula is C22H22N2O4. The number of nitrogens with zero attached hydrogens (tertiary/aromatic N) is 1. The number of carbonyl (C=O) groups excluding carboxylic acids is 1. The molecule has 0 radical (unpaired) electrons. The molecule has 3 aromatic rings. The van der Waals surface area contributed by atoms with Crippen molar-refractivity contribution in [2.24, 2.45) is 0 Å². The van der Waals surface area contributed by atoms with Crippen molar-refractivity contribution >= 4 is 5.91 Å². The summed E-state index contributed by atoms with van der Waals surface area (Å²) in [4.78, 5) is 17.1. The third kappa shape index (κ3) is 4.06. The molecule has 0 saturated carbocycles. The summed E-state index contributed by atoms with van der Waals surface area (Å²) in [6.45, 7) is 0. The van der Waals surface area contributed by atoms with Gasteiger partial charge in [0.2, 0.25) is 5.75 Å². The van der Waals surface area contributed by atoms with Gasteiger partial charge in [-0.15, -0.1) is 0 Å². The highest BCUT2D eigenvalue weighted by atomic mass is 16.5. The first-order chi connectivity index (χ1) is 13.7. The molecule has 0 fully saturated rings. The zero-order valence-corrected chi connectivity index (χ0v) is 16.0. The molecule has 0 aliphatic rings. The number of amides is 1. The first kappa shape index (κ1) is 19.2. The van der Waals surface area contributed by atoms with Crippen LogP contribution < -0.4 is 19.5 Å². The smallest absolute Gasteiger partial charge is 0.252 e. The van der Waals surface area contributed by atoms with Crippen molar-refractivity contribution in [3.05, 3.63) is 83.7 Å². The summed E-state index contributed by atoms with van der Waals surface area (Å²) in [5, 5.41) is 3.09. The molecule has 3 rings (SSSR count). The number of benzene rings is 2. The minimum atomic E-state index is -0.323. The largest absolute Gasteiger partial charge is 0.493 e. The number of aromatic nitrogens is 1. The zero-order valence-electron chi connectivity index (χ0n) is 16.0. The average molecular weight is 378 g/mol. The Balaban J connectivity index is 1.97. The van der Waals surface area contributed by atoms with Crippen molar-refractivity contribution in [2.45, 2.75) is 6.04 Å². The van der Waals surface area contributed by atoms with Gasteiger partial charge in [-0.05, 0) is 35.4 Å². The molecule has 0 saturated heterocycles. The normalized spacial score (nSPS) is 11.4. The van der Waals surface area contributed by atoms with E-state index in [-0.39, 0.29) is 11.9 Å². The minimum absolute atomic E-state index is 0.259. The van der Waals surface area contributed by atoms with Gasteiger partial charge in [-0.25, -0.2) is 0 Å². The number of carbonyl (C=O) groups is 1. The Bertz CT molecular complexity index is 865. The second-order valence-corrected chi connectivity index (χ2v) is 6.01. The van der Waals surface area contributed by atoms with Crippen molar-refractivity contribution in [1.29, 1.82) is 0 Å². The SMILES string of the molecule is COc1cc(C(=O)NC(c2ccccc2)c2ccncc2)cc(OC)c1OC. The fraction of sp³-hybridized carbons (Fsp3) is 0.182. The number of nitrogens with one attached hydrogen (secondary N) is 1. The Labute approximate surface area is 164 Å². The van der Waals surface area contributed by atoms with Crippen molar-refractivity contribution in [1.82, 2.24) is 10.3 Å². The van der Waals surface area contributed by atoms with Crippen LogP contribution in [0.15, 0.2) is 67.0 Å². The summed E-state index contributed by atoms with van der Waals surface area (Å²) in [7, 11) is 4.56. The highest BCUT2D eigenvalue weighted by Gasteiger charge is 2.21. The molecule has 0 spiro atoms. The molecule has 6 nitrogen and oxygen atoms in total. The van der Waals surface area contributed by atoms with Crippen LogP contribution in [0.1, 0.15) is 27.5 Å². The van der Waals surface area contributed by atoms with Crippen LogP contribution in [-0.4, -0.2) is 32.2 Å². The third-order valence-electron chi connectivity index (χ3n) is 4.37. The molecular weight excluding hydrogens is 356 g/mol. The predicted molar refractivity (Wildman–Crippen MR) is 106 cm³/mol. The quantitative estimate of drug-likeness (QED) is 0.680. The lowest BCUT2D eigenvalue weighted by molar-refractivity contribution is 0.0942. The summed E-state index contributed by atoms with van der Waals surface area (Å²) < 4.78 is 16.0. The van der Waals surface area contributed by atoms with E-state index in [4.69, 9.17) is 14.2 Å². The van der Waals surface area contributed by atoms with E-state index in [0.29, 0.717) is 22.8 Å². The van der Waals surface area contributed by atoms with E-state index < -0.39 is 0 Å². The van der Waals surface area contributed by atoms with Crippen molar-refractivity contribution in [3.63, 3.8) is 0 Å². The van der Waals surface area contributed by atoms with Crippen LogP contribution in [0, 0.1) is 0 Å². The molecule has 1 aromatic heterocycles. The van der Waals surface area contributed by atoms with Gasteiger partial charge in [-0.2, -0.15) is 0 Å². The van der Waals surface area contributed by atoms with E-state index >= 15 is 0 Å². The molecule has 2 aromatic carbocycles. The maximum absolute atomic E-state index is 13.1. The Morgan fingerprint density at radius 2 is 1.43 bits per heavy atom. The number of hydrogen-bond donors (Lipinski definition) is 1. The molecule has 1 unspecified atom stereocenters.